The van der Waals surface area contributed by atoms with Gasteiger partial charge < -0.3 is 19.9 Å². The Bertz CT molecular complexity index is 1200. The molecule has 0 heterocycles. The third-order valence-electron chi connectivity index (χ3n) is 5.41. The summed E-state index contributed by atoms with van der Waals surface area (Å²) < 4.78 is 50.8. The third-order valence-corrected chi connectivity index (χ3v) is 5.41. The number of nitrogens with one attached hydrogen (secondary N) is 1. The highest BCUT2D eigenvalue weighted by Gasteiger charge is 2.31. The SMILES string of the molecule is COc1ccc(CC(=O)O)cc1-c1ccc(C(F)(F)F)cc1CNCCC(=O)OCc1ccccc1. The molecule has 0 aliphatic heterocycles. The van der Waals surface area contributed by atoms with Crippen molar-refractivity contribution >= 4 is 11.9 Å². The molecule has 0 aromatic heterocycles. The van der Waals surface area contributed by atoms with Crippen molar-refractivity contribution in [3.8, 4) is 16.9 Å². The molecular weight excluding hydrogens is 475 g/mol. The molecule has 0 spiro atoms. The van der Waals surface area contributed by atoms with E-state index in [2.05, 4.69) is 5.32 Å². The Kier molecular flexibility index (Phi) is 9.08. The van der Waals surface area contributed by atoms with Crippen LogP contribution in [0.3, 0.4) is 0 Å². The number of esters is 1. The molecular formula is C27H26F3NO5. The number of halogens is 3. The van der Waals surface area contributed by atoms with Crippen LogP contribution in [-0.2, 0) is 40.1 Å². The first-order valence-corrected chi connectivity index (χ1v) is 11.2. The van der Waals surface area contributed by atoms with Crippen molar-refractivity contribution in [1.82, 2.24) is 5.32 Å². The van der Waals surface area contributed by atoms with E-state index in [0.29, 0.717) is 28.0 Å². The zero-order valence-corrected chi connectivity index (χ0v) is 19.6. The maximum absolute atomic E-state index is 13.4. The fourth-order valence-corrected chi connectivity index (χ4v) is 3.65. The number of carbonyl (C=O) groups excluding carboxylic acids is 1. The van der Waals surface area contributed by atoms with Crippen LogP contribution in [0, 0.1) is 0 Å². The maximum atomic E-state index is 13.4. The van der Waals surface area contributed by atoms with E-state index in [4.69, 9.17) is 14.6 Å². The minimum Gasteiger partial charge on any atom is -0.496 e. The molecule has 3 rings (SSSR count). The predicted octanol–water partition coefficient (Wildman–Crippen LogP) is 5.23. The number of rotatable bonds is 11. The molecule has 3 aromatic rings. The highest BCUT2D eigenvalue weighted by molar-refractivity contribution is 5.77. The van der Waals surface area contributed by atoms with Gasteiger partial charge in [0.2, 0.25) is 0 Å². The Labute approximate surface area is 206 Å². The van der Waals surface area contributed by atoms with Gasteiger partial charge in [-0.3, -0.25) is 9.59 Å². The zero-order chi connectivity index (χ0) is 26.1. The van der Waals surface area contributed by atoms with Crippen molar-refractivity contribution in [2.45, 2.75) is 32.2 Å². The average Bonchev–Trinajstić information content (AvgIpc) is 2.85. The van der Waals surface area contributed by atoms with Gasteiger partial charge in [-0.1, -0.05) is 42.5 Å². The van der Waals surface area contributed by atoms with Gasteiger partial charge in [-0.15, -0.1) is 0 Å². The smallest absolute Gasteiger partial charge is 0.416 e. The van der Waals surface area contributed by atoms with Crippen LogP contribution in [-0.4, -0.2) is 30.7 Å². The van der Waals surface area contributed by atoms with Crippen LogP contribution < -0.4 is 10.1 Å². The van der Waals surface area contributed by atoms with Gasteiger partial charge in [0.05, 0.1) is 25.5 Å². The largest absolute Gasteiger partial charge is 0.496 e. The molecule has 0 aliphatic carbocycles. The van der Waals surface area contributed by atoms with E-state index in [0.717, 1.165) is 17.7 Å². The Hall–Kier alpha value is -3.85. The number of alkyl halides is 3. The normalized spacial score (nSPS) is 11.2. The molecule has 0 atom stereocenters. The standard InChI is InChI=1S/C27H26F3NO5/c1-35-24-10-7-19(14-25(32)33)13-23(24)22-9-8-21(27(28,29)30)15-20(22)16-31-12-11-26(34)36-17-18-5-3-2-4-6-18/h2-10,13,15,31H,11-12,14,16-17H2,1H3,(H,32,33). The van der Waals surface area contributed by atoms with Crippen molar-refractivity contribution in [3.63, 3.8) is 0 Å². The lowest BCUT2D eigenvalue weighted by molar-refractivity contribution is -0.145. The van der Waals surface area contributed by atoms with Crippen LogP contribution >= 0.6 is 0 Å². The summed E-state index contributed by atoms with van der Waals surface area (Å²) in [7, 11) is 1.43. The third kappa shape index (κ3) is 7.58. The lowest BCUT2D eigenvalue weighted by atomic mass is 9.94. The van der Waals surface area contributed by atoms with Crippen LogP contribution in [0.15, 0.2) is 66.7 Å². The molecule has 0 fully saturated rings. The molecule has 0 aliphatic rings. The number of methoxy groups -OCH3 is 1. The Morgan fingerprint density at radius 3 is 2.36 bits per heavy atom. The molecule has 2 N–H and O–H groups in total. The Balaban J connectivity index is 1.75. The number of benzene rings is 3. The second-order valence-corrected chi connectivity index (χ2v) is 8.05. The quantitative estimate of drug-likeness (QED) is 0.277. The summed E-state index contributed by atoms with van der Waals surface area (Å²) in [5.41, 5.74) is 1.79. The number of carbonyl (C=O) groups is 2. The molecule has 0 unspecified atom stereocenters. The fraction of sp³-hybridized carbons (Fsp3) is 0.259. The number of ether oxygens (including phenoxy) is 2. The van der Waals surface area contributed by atoms with Gasteiger partial charge in [0, 0.05) is 18.7 Å². The van der Waals surface area contributed by atoms with Gasteiger partial charge in [0.15, 0.2) is 0 Å². The van der Waals surface area contributed by atoms with Gasteiger partial charge in [0.25, 0.3) is 0 Å². The molecule has 0 amide bonds. The minimum atomic E-state index is -4.54. The monoisotopic (exact) mass is 501 g/mol. The summed E-state index contributed by atoms with van der Waals surface area (Å²) in [4.78, 5) is 23.2. The number of hydrogen-bond donors (Lipinski definition) is 2. The van der Waals surface area contributed by atoms with E-state index < -0.39 is 23.7 Å². The van der Waals surface area contributed by atoms with Crippen LogP contribution in [0.2, 0.25) is 0 Å². The number of aliphatic carboxylic acids is 1. The predicted molar refractivity (Wildman–Crippen MR) is 127 cm³/mol. The second kappa shape index (κ2) is 12.2. The molecule has 36 heavy (non-hydrogen) atoms. The van der Waals surface area contributed by atoms with E-state index in [-0.39, 0.29) is 32.5 Å². The van der Waals surface area contributed by atoms with Crippen LogP contribution in [0.1, 0.15) is 28.7 Å². The topological polar surface area (TPSA) is 84.9 Å². The van der Waals surface area contributed by atoms with Crippen LogP contribution in [0.5, 0.6) is 5.75 Å². The number of carboxylic acid groups (broad SMARTS) is 1. The first kappa shape index (κ1) is 26.7. The van der Waals surface area contributed by atoms with E-state index in [1.54, 1.807) is 18.2 Å². The van der Waals surface area contributed by atoms with Gasteiger partial charge in [0.1, 0.15) is 12.4 Å². The van der Waals surface area contributed by atoms with E-state index in [1.807, 2.05) is 30.3 Å². The molecule has 9 heteroatoms. The fourth-order valence-electron chi connectivity index (χ4n) is 3.65. The molecule has 3 aromatic carbocycles. The van der Waals surface area contributed by atoms with Crippen molar-refractivity contribution in [1.29, 1.82) is 0 Å². The van der Waals surface area contributed by atoms with Gasteiger partial charge in [-0.25, -0.2) is 0 Å². The lowest BCUT2D eigenvalue weighted by Gasteiger charge is -2.17. The first-order chi connectivity index (χ1) is 17.2. The summed E-state index contributed by atoms with van der Waals surface area (Å²) in [6.45, 7) is 0.376. The summed E-state index contributed by atoms with van der Waals surface area (Å²) >= 11 is 0. The van der Waals surface area contributed by atoms with E-state index in [9.17, 15) is 22.8 Å². The first-order valence-electron chi connectivity index (χ1n) is 11.2. The van der Waals surface area contributed by atoms with Crippen LogP contribution in [0.25, 0.3) is 11.1 Å². The summed E-state index contributed by atoms with van der Waals surface area (Å²) in [6.07, 6.45) is -4.74. The summed E-state index contributed by atoms with van der Waals surface area (Å²) in [5.74, 6) is -1.06. The number of hydrogen-bond acceptors (Lipinski definition) is 5. The average molecular weight is 502 g/mol. The molecule has 0 bridgehead atoms. The lowest BCUT2D eigenvalue weighted by Crippen LogP contribution is -2.20. The Morgan fingerprint density at radius 1 is 0.944 bits per heavy atom. The number of carboxylic acids is 1. The van der Waals surface area contributed by atoms with E-state index in [1.165, 1.54) is 13.2 Å². The molecule has 6 nitrogen and oxygen atoms in total. The molecule has 0 radical (unpaired) electrons. The van der Waals surface area contributed by atoms with Crippen molar-refractivity contribution in [2.24, 2.45) is 0 Å². The van der Waals surface area contributed by atoms with Crippen molar-refractivity contribution < 1.29 is 37.3 Å². The Morgan fingerprint density at radius 2 is 1.69 bits per heavy atom. The maximum Gasteiger partial charge on any atom is 0.416 e. The van der Waals surface area contributed by atoms with E-state index >= 15 is 0 Å². The minimum absolute atomic E-state index is 0.0392. The molecule has 0 saturated heterocycles. The molecule has 0 saturated carbocycles. The van der Waals surface area contributed by atoms with Gasteiger partial charge in [-0.2, -0.15) is 13.2 Å². The highest BCUT2D eigenvalue weighted by Crippen LogP contribution is 2.37. The van der Waals surface area contributed by atoms with Crippen molar-refractivity contribution in [3.05, 3.63) is 89.0 Å². The van der Waals surface area contributed by atoms with Gasteiger partial charge >= 0.3 is 18.1 Å². The summed E-state index contributed by atoms with van der Waals surface area (Å²) in [5, 5.41) is 12.1. The molecule has 190 valence electrons. The highest BCUT2D eigenvalue weighted by atomic mass is 19.4. The van der Waals surface area contributed by atoms with Crippen molar-refractivity contribution in [2.75, 3.05) is 13.7 Å². The zero-order valence-electron chi connectivity index (χ0n) is 19.6. The van der Waals surface area contributed by atoms with Crippen LogP contribution in [0.4, 0.5) is 13.2 Å². The van der Waals surface area contributed by atoms with Gasteiger partial charge in [-0.05, 0) is 46.5 Å². The second-order valence-electron chi connectivity index (χ2n) is 8.05. The summed E-state index contributed by atoms with van der Waals surface area (Å²) in [6, 6.07) is 17.3.